The van der Waals surface area contributed by atoms with Crippen molar-refractivity contribution in [3.8, 4) is 23.1 Å². The number of carbonyl (C=O) groups excluding carboxylic acids is 2. The van der Waals surface area contributed by atoms with E-state index in [0.29, 0.717) is 42.7 Å². The SMILES string of the molecule is Cc1cc(NC(=O)c2ncc(-c3ccc(OCC#N)c(F)c3F)n2C)ccc1C(=O)N1CCC(C(=O)O)CC1. The Labute approximate surface area is 222 Å². The van der Waals surface area contributed by atoms with Gasteiger partial charge in [0, 0.05) is 37.0 Å². The fraction of sp³-hybridized carbons (Fsp3) is 0.296. The Morgan fingerprint density at radius 1 is 1.18 bits per heavy atom. The van der Waals surface area contributed by atoms with Gasteiger partial charge in [-0.15, -0.1) is 0 Å². The van der Waals surface area contributed by atoms with Crippen LogP contribution in [0.3, 0.4) is 0 Å². The van der Waals surface area contributed by atoms with Crippen LogP contribution in [0.4, 0.5) is 14.5 Å². The van der Waals surface area contributed by atoms with Crippen molar-refractivity contribution in [2.45, 2.75) is 19.8 Å². The van der Waals surface area contributed by atoms with E-state index in [1.165, 1.54) is 29.9 Å². The van der Waals surface area contributed by atoms with Gasteiger partial charge in [0.2, 0.25) is 5.82 Å². The molecule has 1 saturated heterocycles. The minimum atomic E-state index is -1.26. The highest BCUT2D eigenvalue weighted by atomic mass is 19.2. The Hall–Kier alpha value is -4.79. The Balaban J connectivity index is 1.47. The summed E-state index contributed by atoms with van der Waals surface area (Å²) in [4.78, 5) is 42.7. The summed E-state index contributed by atoms with van der Waals surface area (Å²) in [6.45, 7) is 2.00. The molecule has 3 aromatic rings. The van der Waals surface area contributed by atoms with Gasteiger partial charge in [-0.1, -0.05) is 0 Å². The normalized spacial score (nSPS) is 13.6. The van der Waals surface area contributed by atoms with Crippen LogP contribution >= 0.6 is 0 Å². The molecule has 1 aromatic heterocycles. The van der Waals surface area contributed by atoms with E-state index >= 15 is 0 Å². The molecule has 10 nitrogen and oxygen atoms in total. The smallest absolute Gasteiger partial charge is 0.306 e. The number of benzene rings is 2. The lowest BCUT2D eigenvalue weighted by molar-refractivity contribution is -0.143. The number of carboxylic acid groups (broad SMARTS) is 1. The largest absolute Gasteiger partial charge is 0.481 e. The van der Waals surface area contributed by atoms with E-state index in [0.717, 1.165) is 0 Å². The molecule has 2 amide bonds. The maximum atomic E-state index is 14.7. The summed E-state index contributed by atoms with van der Waals surface area (Å²) in [7, 11) is 1.48. The van der Waals surface area contributed by atoms with Gasteiger partial charge >= 0.3 is 5.97 Å². The lowest BCUT2D eigenvalue weighted by Crippen LogP contribution is -2.40. The van der Waals surface area contributed by atoms with Gasteiger partial charge in [-0.25, -0.2) is 9.37 Å². The maximum absolute atomic E-state index is 14.7. The number of likely N-dealkylation sites (tertiary alicyclic amines) is 1. The summed E-state index contributed by atoms with van der Waals surface area (Å²) in [5.74, 6) is -5.04. The predicted molar refractivity (Wildman–Crippen MR) is 135 cm³/mol. The number of imidazole rings is 1. The van der Waals surface area contributed by atoms with E-state index in [4.69, 9.17) is 15.1 Å². The van der Waals surface area contributed by atoms with Crippen LogP contribution in [0.25, 0.3) is 11.3 Å². The number of hydrogen-bond donors (Lipinski definition) is 2. The van der Waals surface area contributed by atoms with Crippen LogP contribution < -0.4 is 10.1 Å². The third-order valence-corrected chi connectivity index (χ3v) is 6.65. The Morgan fingerprint density at radius 3 is 2.54 bits per heavy atom. The number of carboxylic acids is 1. The van der Waals surface area contributed by atoms with Gasteiger partial charge in [0.15, 0.2) is 24.0 Å². The first-order valence-electron chi connectivity index (χ1n) is 12.1. The van der Waals surface area contributed by atoms with Gasteiger partial charge in [-0.05, 0) is 55.7 Å². The van der Waals surface area contributed by atoms with Crippen LogP contribution in [0.2, 0.25) is 0 Å². The van der Waals surface area contributed by atoms with Gasteiger partial charge < -0.3 is 24.6 Å². The molecule has 0 radical (unpaired) electrons. The standard InChI is InChI=1S/C27H25F2N5O5/c1-15-13-17(3-4-18(15)26(36)34-10-7-16(8-11-34)27(37)38)32-25(35)24-31-14-20(33(24)2)19-5-6-21(39-12-9-30)23(29)22(19)28/h3-6,13-14,16H,7-8,10-12H2,1-2H3,(H,32,35)(H,37,38). The zero-order valence-electron chi connectivity index (χ0n) is 21.2. The molecule has 2 aromatic carbocycles. The van der Waals surface area contributed by atoms with Crippen LogP contribution in [0.15, 0.2) is 36.5 Å². The number of rotatable bonds is 7. The van der Waals surface area contributed by atoms with E-state index in [-0.39, 0.29) is 23.0 Å². The number of piperidine rings is 1. The van der Waals surface area contributed by atoms with Crippen LogP contribution in [0.1, 0.15) is 39.4 Å². The highest BCUT2D eigenvalue weighted by Gasteiger charge is 2.28. The lowest BCUT2D eigenvalue weighted by Gasteiger charge is -2.30. The maximum Gasteiger partial charge on any atom is 0.306 e. The van der Waals surface area contributed by atoms with E-state index in [1.54, 1.807) is 36.1 Å². The lowest BCUT2D eigenvalue weighted by atomic mass is 9.96. The minimum absolute atomic E-state index is 0.0614. The minimum Gasteiger partial charge on any atom is -0.481 e. The number of aryl methyl sites for hydroxylation is 1. The number of aliphatic carboxylic acids is 1. The van der Waals surface area contributed by atoms with Crippen LogP contribution in [-0.2, 0) is 11.8 Å². The van der Waals surface area contributed by atoms with Crippen molar-refractivity contribution in [3.05, 3.63) is 65.1 Å². The quantitative estimate of drug-likeness (QED) is 0.468. The van der Waals surface area contributed by atoms with E-state index < -0.39 is 41.8 Å². The number of hydrogen-bond acceptors (Lipinski definition) is 6. The average Bonchev–Trinajstić information content (AvgIpc) is 3.30. The molecule has 12 heteroatoms. The fourth-order valence-corrected chi connectivity index (χ4v) is 4.49. The number of nitrogens with zero attached hydrogens (tertiary/aromatic N) is 4. The third kappa shape index (κ3) is 5.57. The van der Waals surface area contributed by atoms with Crippen molar-refractivity contribution >= 4 is 23.5 Å². The number of ether oxygens (including phenoxy) is 1. The molecule has 0 atom stereocenters. The molecule has 39 heavy (non-hydrogen) atoms. The van der Waals surface area contributed by atoms with Crippen molar-refractivity contribution < 1.29 is 33.0 Å². The average molecular weight is 538 g/mol. The number of nitrogens with one attached hydrogen (secondary N) is 1. The van der Waals surface area contributed by atoms with Gasteiger partial charge in [-0.3, -0.25) is 14.4 Å². The van der Waals surface area contributed by atoms with Crippen LogP contribution in [0.5, 0.6) is 5.75 Å². The molecule has 0 bridgehead atoms. The van der Waals surface area contributed by atoms with Gasteiger partial charge in [0.05, 0.1) is 17.8 Å². The van der Waals surface area contributed by atoms with Gasteiger partial charge in [0.25, 0.3) is 11.8 Å². The Bertz CT molecular complexity index is 1490. The zero-order chi connectivity index (χ0) is 28.3. The van der Waals surface area contributed by atoms with Crippen molar-refractivity contribution in [1.82, 2.24) is 14.5 Å². The molecule has 0 unspecified atom stereocenters. The van der Waals surface area contributed by atoms with Crippen molar-refractivity contribution in [3.63, 3.8) is 0 Å². The first kappa shape index (κ1) is 27.3. The molecule has 1 fully saturated rings. The van der Waals surface area contributed by atoms with Crippen LogP contribution in [0, 0.1) is 35.8 Å². The molecular weight excluding hydrogens is 512 g/mol. The molecular formula is C27H25F2N5O5. The number of amides is 2. The number of anilines is 1. The molecule has 4 rings (SSSR count). The molecule has 0 aliphatic carbocycles. The molecule has 0 spiro atoms. The van der Waals surface area contributed by atoms with Crippen molar-refractivity contribution in [2.75, 3.05) is 25.0 Å². The Morgan fingerprint density at radius 2 is 1.90 bits per heavy atom. The summed E-state index contributed by atoms with van der Waals surface area (Å²) >= 11 is 0. The highest BCUT2D eigenvalue weighted by Crippen LogP contribution is 2.30. The highest BCUT2D eigenvalue weighted by molar-refractivity contribution is 6.03. The molecule has 202 valence electrons. The van der Waals surface area contributed by atoms with E-state index in [1.807, 2.05) is 0 Å². The van der Waals surface area contributed by atoms with Crippen molar-refractivity contribution in [2.24, 2.45) is 13.0 Å². The number of halogens is 2. The third-order valence-electron chi connectivity index (χ3n) is 6.65. The second kappa shape index (κ2) is 11.3. The second-order valence-corrected chi connectivity index (χ2v) is 9.10. The topological polar surface area (TPSA) is 138 Å². The van der Waals surface area contributed by atoms with Crippen LogP contribution in [-0.4, -0.2) is 57.0 Å². The first-order chi connectivity index (χ1) is 18.6. The first-order valence-corrected chi connectivity index (χ1v) is 12.1. The summed E-state index contributed by atoms with van der Waals surface area (Å²) in [5, 5.41) is 20.4. The monoisotopic (exact) mass is 537 g/mol. The zero-order valence-corrected chi connectivity index (χ0v) is 21.2. The fourth-order valence-electron chi connectivity index (χ4n) is 4.49. The van der Waals surface area contributed by atoms with E-state index in [9.17, 15) is 23.2 Å². The summed E-state index contributed by atoms with van der Waals surface area (Å²) in [6, 6.07) is 8.94. The number of nitriles is 1. The summed E-state index contributed by atoms with van der Waals surface area (Å²) < 4.78 is 35.3. The molecule has 2 N–H and O–H groups in total. The van der Waals surface area contributed by atoms with E-state index in [2.05, 4.69) is 10.3 Å². The molecule has 1 aliphatic rings. The number of aromatic nitrogens is 2. The number of carbonyl (C=O) groups is 3. The Kier molecular flexibility index (Phi) is 7.90. The molecule has 2 heterocycles. The summed E-state index contributed by atoms with van der Waals surface area (Å²) in [6.07, 6.45) is 2.04. The molecule has 1 aliphatic heterocycles. The predicted octanol–water partition coefficient (Wildman–Crippen LogP) is 3.77. The summed E-state index contributed by atoms with van der Waals surface area (Å²) in [5.41, 5.74) is 1.47. The van der Waals surface area contributed by atoms with Gasteiger partial charge in [-0.2, -0.15) is 9.65 Å². The van der Waals surface area contributed by atoms with Gasteiger partial charge in [0.1, 0.15) is 6.07 Å². The molecule has 0 saturated carbocycles. The van der Waals surface area contributed by atoms with Crippen molar-refractivity contribution in [1.29, 1.82) is 5.26 Å². The second-order valence-electron chi connectivity index (χ2n) is 9.10.